The van der Waals surface area contributed by atoms with E-state index in [0.717, 1.165) is 5.95 Å². The van der Waals surface area contributed by atoms with E-state index in [1.54, 1.807) is 6.20 Å². The molecule has 4 nitrogen and oxygen atoms in total. The van der Waals surface area contributed by atoms with Gasteiger partial charge in [-0.3, -0.25) is 0 Å². The molecule has 1 heterocycles. The van der Waals surface area contributed by atoms with Gasteiger partial charge in [-0.25, -0.2) is 4.98 Å². The largest absolute Gasteiger partial charge is 0.384 e. The molecule has 0 spiro atoms. The fourth-order valence-corrected chi connectivity index (χ4v) is 0.682. The van der Waals surface area contributed by atoms with E-state index in [2.05, 4.69) is 15.3 Å². The van der Waals surface area contributed by atoms with Crippen molar-refractivity contribution in [2.45, 2.75) is 19.9 Å². The van der Waals surface area contributed by atoms with E-state index < -0.39 is 0 Å². The molecule has 1 aromatic heterocycles. The van der Waals surface area contributed by atoms with Crippen LogP contribution in [0.1, 0.15) is 13.8 Å². The van der Waals surface area contributed by atoms with E-state index in [9.17, 15) is 0 Å². The molecular weight excluding hydrogens is 128 g/mol. The average molecular weight is 140 g/mol. The first-order valence-corrected chi connectivity index (χ1v) is 3.25. The summed E-state index contributed by atoms with van der Waals surface area (Å²) < 4.78 is 0. The Morgan fingerprint density at radius 3 is 2.80 bits per heavy atom. The molecule has 0 radical (unpaired) electrons. The smallest absolute Gasteiger partial charge is 0.201 e. The molecule has 0 amide bonds. The Hall–Kier alpha value is -1.19. The summed E-state index contributed by atoms with van der Waals surface area (Å²) in [6.45, 7) is 4.08. The summed E-state index contributed by atoms with van der Waals surface area (Å²) in [7, 11) is 0. The SMILES string of the molecule is CC(C)Nc1ncc(N)[nH]1. The molecule has 10 heavy (non-hydrogen) atoms. The number of rotatable bonds is 2. The number of anilines is 2. The molecule has 0 saturated heterocycles. The average Bonchev–Trinajstić information content (AvgIpc) is 2.13. The summed E-state index contributed by atoms with van der Waals surface area (Å²) in [5.74, 6) is 1.32. The van der Waals surface area contributed by atoms with Crippen LogP contribution in [0.4, 0.5) is 11.8 Å². The number of aromatic nitrogens is 2. The van der Waals surface area contributed by atoms with Crippen molar-refractivity contribution in [2.75, 3.05) is 11.1 Å². The van der Waals surface area contributed by atoms with Gasteiger partial charge in [-0.2, -0.15) is 0 Å². The van der Waals surface area contributed by atoms with Gasteiger partial charge in [-0.15, -0.1) is 0 Å². The standard InChI is InChI=1S/C6H12N4/c1-4(2)9-6-8-3-5(7)10-6/h3-4H,7H2,1-2H3,(H2,8,9,10). The van der Waals surface area contributed by atoms with Gasteiger partial charge in [0.15, 0.2) is 0 Å². The maximum absolute atomic E-state index is 5.40. The van der Waals surface area contributed by atoms with Crippen molar-refractivity contribution in [3.05, 3.63) is 6.20 Å². The van der Waals surface area contributed by atoms with Gasteiger partial charge in [-0.1, -0.05) is 0 Å². The number of H-pyrrole nitrogens is 1. The van der Waals surface area contributed by atoms with Crippen LogP contribution in [-0.2, 0) is 0 Å². The Labute approximate surface area is 59.8 Å². The number of aromatic amines is 1. The minimum atomic E-state index is 0.380. The molecule has 0 aliphatic heterocycles. The Balaban J connectivity index is 2.58. The lowest BCUT2D eigenvalue weighted by atomic mass is 10.4. The summed E-state index contributed by atoms with van der Waals surface area (Å²) in [6.07, 6.45) is 1.59. The lowest BCUT2D eigenvalue weighted by molar-refractivity contribution is 0.882. The van der Waals surface area contributed by atoms with Crippen molar-refractivity contribution in [3.8, 4) is 0 Å². The molecule has 0 fully saturated rings. The molecule has 0 bridgehead atoms. The quantitative estimate of drug-likeness (QED) is 0.569. The van der Waals surface area contributed by atoms with Gasteiger partial charge >= 0.3 is 0 Å². The maximum atomic E-state index is 5.40. The lowest BCUT2D eigenvalue weighted by Gasteiger charge is -2.04. The zero-order chi connectivity index (χ0) is 7.56. The van der Waals surface area contributed by atoms with Crippen LogP contribution in [0.3, 0.4) is 0 Å². The molecule has 0 aromatic carbocycles. The third-order valence-electron chi connectivity index (χ3n) is 1.02. The Bertz CT molecular complexity index is 203. The highest BCUT2D eigenvalue weighted by Gasteiger charge is 1.96. The van der Waals surface area contributed by atoms with Crippen LogP contribution in [0.15, 0.2) is 6.20 Å². The van der Waals surface area contributed by atoms with Crippen LogP contribution in [-0.4, -0.2) is 16.0 Å². The zero-order valence-corrected chi connectivity index (χ0v) is 6.18. The van der Waals surface area contributed by atoms with Crippen molar-refractivity contribution >= 4 is 11.8 Å². The fourth-order valence-electron chi connectivity index (χ4n) is 0.682. The van der Waals surface area contributed by atoms with Gasteiger partial charge in [0, 0.05) is 6.04 Å². The van der Waals surface area contributed by atoms with E-state index in [0.29, 0.717) is 11.9 Å². The van der Waals surface area contributed by atoms with Crippen molar-refractivity contribution in [1.29, 1.82) is 0 Å². The third kappa shape index (κ3) is 1.65. The second kappa shape index (κ2) is 2.60. The van der Waals surface area contributed by atoms with Gasteiger partial charge in [0.05, 0.1) is 6.20 Å². The number of nitrogen functional groups attached to an aromatic ring is 1. The second-order valence-corrected chi connectivity index (χ2v) is 2.49. The summed E-state index contributed by atoms with van der Waals surface area (Å²) in [6, 6.07) is 0.380. The molecule has 0 saturated carbocycles. The van der Waals surface area contributed by atoms with Gasteiger partial charge in [-0.05, 0) is 13.8 Å². The molecule has 4 N–H and O–H groups in total. The van der Waals surface area contributed by atoms with E-state index in [1.807, 2.05) is 13.8 Å². The molecule has 4 heteroatoms. The topological polar surface area (TPSA) is 66.7 Å². The summed E-state index contributed by atoms with van der Waals surface area (Å²) in [4.78, 5) is 6.83. The Morgan fingerprint density at radius 1 is 1.70 bits per heavy atom. The third-order valence-corrected chi connectivity index (χ3v) is 1.02. The molecule has 0 aliphatic carbocycles. The van der Waals surface area contributed by atoms with Crippen molar-refractivity contribution in [3.63, 3.8) is 0 Å². The monoisotopic (exact) mass is 140 g/mol. The first kappa shape index (κ1) is 6.92. The number of nitrogens with zero attached hydrogens (tertiary/aromatic N) is 1. The zero-order valence-electron chi connectivity index (χ0n) is 6.18. The fraction of sp³-hybridized carbons (Fsp3) is 0.500. The molecule has 0 aliphatic rings. The lowest BCUT2D eigenvalue weighted by Crippen LogP contribution is -2.10. The minimum absolute atomic E-state index is 0.380. The highest BCUT2D eigenvalue weighted by Crippen LogP contribution is 2.03. The Kier molecular flexibility index (Phi) is 1.80. The highest BCUT2D eigenvalue weighted by atomic mass is 15.1. The van der Waals surface area contributed by atoms with Crippen LogP contribution in [0.5, 0.6) is 0 Å². The van der Waals surface area contributed by atoms with Crippen molar-refractivity contribution < 1.29 is 0 Å². The number of imidazole rings is 1. The van der Waals surface area contributed by atoms with E-state index in [-0.39, 0.29) is 0 Å². The van der Waals surface area contributed by atoms with Crippen LogP contribution in [0, 0.1) is 0 Å². The van der Waals surface area contributed by atoms with Gasteiger partial charge in [0.1, 0.15) is 5.82 Å². The Morgan fingerprint density at radius 2 is 2.40 bits per heavy atom. The molecule has 1 rings (SSSR count). The number of hydrogen-bond donors (Lipinski definition) is 3. The van der Waals surface area contributed by atoms with Gasteiger partial charge < -0.3 is 16.0 Å². The number of nitrogens with two attached hydrogens (primary N) is 1. The van der Waals surface area contributed by atoms with E-state index in [1.165, 1.54) is 0 Å². The van der Waals surface area contributed by atoms with Gasteiger partial charge in [0.2, 0.25) is 5.95 Å². The van der Waals surface area contributed by atoms with Crippen molar-refractivity contribution in [2.24, 2.45) is 0 Å². The molecule has 56 valence electrons. The first-order valence-electron chi connectivity index (χ1n) is 3.25. The predicted molar refractivity (Wildman–Crippen MR) is 41.8 cm³/mol. The normalized spacial score (nSPS) is 10.3. The number of nitrogens with one attached hydrogen (secondary N) is 2. The molecule has 0 unspecified atom stereocenters. The number of hydrogen-bond acceptors (Lipinski definition) is 3. The van der Waals surface area contributed by atoms with Gasteiger partial charge in [0.25, 0.3) is 0 Å². The summed E-state index contributed by atoms with van der Waals surface area (Å²) in [5.41, 5.74) is 5.40. The van der Waals surface area contributed by atoms with E-state index >= 15 is 0 Å². The molecular formula is C6H12N4. The molecule has 0 atom stereocenters. The van der Waals surface area contributed by atoms with Crippen LogP contribution in [0.25, 0.3) is 0 Å². The van der Waals surface area contributed by atoms with E-state index in [4.69, 9.17) is 5.73 Å². The first-order chi connectivity index (χ1) is 4.68. The maximum Gasteiger partial charge on any atom is 0.201 e. The minimum Gasteiger partial charge on any atom is -0.384 e. The second-order valence-electron chi connectivity index (χ2n) is 2.49. The predicted octanol–water partition coefficient (Wildman–Crippen LogP) is 0.812. The van der Waals surface area contributed by atoms with Crippen LogP contribution >= 0.6 is 0 Å². The molecule has 1 aromatic rings. The summed E-state index contributed by atoms with van der Waals surface area (Å²) in [5, 5.41) is 3.08. The van der Waals surface area contributed by atoms with Crippen molar-refractivity contribution in [1.82, 2.24) is 9.97 Å². The highest BCUT2D eigenvalue weighted by molar-refractivity contribution is 5.36. The van der Waals surface area contributed by atoms with Crippen LogP contribution in [0.2, 0.25) is 0 Å². The summed E-state index contributed by atoms with van der Waals surface area (Å²) >= 11 is 0. The van der Waals surface area contributed by atoms with Crippen LogP contribution < -0.4 is 11.1 Å².